The molecule has 1 aliphatic carbocycles. The van der Waals surface area contributed by atoms with Gasteiger partial charge in [0.15, 0.2) is 0 Å². The zero-order valence-electron chi connectivity index (χ0n) is 19.8. The van der Waals surface area contributed by atoms with Gasteiger partial charge in [0.25, 0.3) is 0 Å². The Kier molecular flexibility index (Phi) is 7.17. The Morgan fingerprint density at radius 2 is 1.64 bits per heavy atom. The number of halogens is 2. The third-order valence-corrected chi connectivity index (χ3v) is 7.85. The molecule has 0 radical (unpaired) electrons. The van der Waals surface area contributed by atoms with Gasteiger partial charge in [0, 0.05) is 34.7 Å². The summed E-state index contributed by atoms with van der Waals surface area (Å²) < 4.78 is 0. The average molecular weight is 520 g/mol. The Labute approximate surface area is 221 Å². The van der Waals surface area contributed by atoms with Gasteiger partial charge in [-0.2, -0.15) is 0 Å². The fraction of sp³-hybridized carbons (Fsp3) is 0.267. The molecule has 2 aliphatic rings. The second-order valence-electron chi connectivity index (χ2n) is 9.52. The molecule has 3 aromatic carbocycles. The zero-order chi connectivity index (χ0) is 25.2. The van der Waals surface area contributed by atoms with Crippen LogP contribution >= 0.6 is 23.2 Å². The summed E-state index contributed by atoms with van der Waals surface area (Å²) in [7, 11) is 0. The molecule has 0 atom stereocenters. The standard InChI is InChI=1S/C30H27Cl2NO3/c31-23-7-11-26(28(32)17-23)27-3-1-2-21-16-22(30(35)36)6-10-25(21)29(27)20-4-8-24(9-5-20)33-14-12-19(18-34)13-15-33/h4-11,16-19H,1-3,12-15H2,(H,35,36). The van der Waals surface area contributed by atoms with E-state index in [9.17, 15) is 14.7 Å². The number of hydrogen-bond donors (Lipinski definition) is 1. The molecular formula is C30H27Cl2NO3. The zero-order valence-corrected chi connectivity index (χ0v) is 21.4. The molecule has 0 saturated carbocycles. The molecule has 0 bridgehead atoms. The maximum atomic E-state index is 11.6. The first-order valence-electron chi connectivity index (χ1n) is 12.3. The number of fused-ring (bicyclic) bond motifs is 1. The van der Waals surface area contributed by atoms with E-state index in [0.717, 1.165) is 90.6 Å². The molecule has 5 rings (SSSR count). The average Bonchev–Trinajstić information content (AvgIpc) is 3.08. The molecule has 0 spiro atoms. The van der Waals surface area contributed by atoms with Crippen molar-refractivity contribution >= 4 is 52.3 Å². The fourth-order valence-electron chi connectivity index (χ4n) is 5.39. The quantitative estimate of drug-likeness (QED) is 0.356. The van der Waals surface area contributed by atoms with Crippen molar-refractivity contribution in [2.75, 3.05) is 18.0 Å². The van der Waals surface area contributed by atoms with E-state index in [0.29, 0.717) is 15.6 Å². The van der Waals surface area contributed by atoms with Crippen molar-refractivity contribution in [3.05, 3.63) is 98.5 Å². The molecule has 1 aliphatic heterocycles. The summed E-state index contributed by atoms with van der Waals surface area (Å²) in [6, 6.07) is 19.6. The number of carboxylic acids is 1. The van der Waals surface area contributed by atoms with E-state index < -0.39 is 5.97 Å². The van der Waals surface area contributed by atoms with Gasteiger partial charge in [0.2, 0.25) is 0 Å². The lowest BCUT2D eigenvalue weighted by Crippen LogP contribution is -2.34. The molecular weight excluding hydrogens is 493 g/mol. The van der Waals surface area contributed by atoms with Gasteiger partial charge in [0.1, 0.15) is 6.29 Å². The van der Waals surface area contributed by atoms with Crippen molar-refractivity contribution in [3.8, 4) is 0 Å². The first kappa shape index (κ1) is 24.6. The molecule has 36 heavy (non-hydrogen) atoms. The number of carbonyl (C=O) groups is 2. The van der Waals surface area contributed by atoms with Crippen LogP contribution in [0.4, 0.5) is 5.69 Å². The number of hydrogen-bond acceptors (Lipinski definition) is 3. The number of aldehydes is 1. The molecule has 1 N–H and O–H groups in total. The van der Waals surface area contributed by atoms with Crippen molar-refractivity contribution in [1.29, 1.82) is 0 Å². The molecule has 0 aromatic heterocycles. The van der Waals surface area contributed by atoms with Crippen molar-refractivity contribution in [3.63, 3.8) is 0 Å². The van der Waals surface area contributed by atoms with E-state index >= 15 is 0 Å². The molecule has 1 heterocycles. The van der Waals surface area contributed by atoms with Crippen LogP contribution in [0.3, 0.4) is 0 Å². The number of aryl methyl sites for hydroxylation is 1. The Morgan fingerprint density at radius 1 is 0.917 bits per heavy atom. The first-order chi connectivity index (χ1) is 17.4. The third kappa shape index (κ3) is 4.93. The van der Waals surface area contributed by atoms with Gasteiger partial charge in [-0.1, -0.05) is 47.5 Å². The minimum atomic E-state index is -0.920. The van der Waals surface area contributed by atoms with E-state index in [1.54, 1.807) is 18.2 Å². The second kappa shape index (κ2) is 10.5. The highest BCUT2D eigenvalue weighted by molar-refractivity contribution is 6.36. The highest BCUT2D eigenvalue weighted by Crippen LogP contribution is 2.42. The van der Waals surface area contributed by atoms with E-state index in [1.807, 2.05) is 18.2 Å². The summed E-state index contributed by atoms with van der Waals surface area (Å²) in [4.78, 5) is 25.1. The maximum absolute atomic E-state index is 11.6. The number of rotatable bonds is 5. The van der Waals surface area contributed by atoms with Gasteiger partial charge in [-0.15, -0.1) is 0 Å². The van der Waals surface area contributed by atoms with Crippen LogP contribution in [0.25, 0.3) is 11.1 Å². The van der Waals surface area contributed by atoms with Gasteiger partial charge < -0.3 is 14.8 Å². The molecule has 1 saturated heterocycles. The molecule has 184 valence electrons. The molecule has 6 heteroatoms. The predicted octanol–water partition coefficient (Wildman–Crippen LogP) is 7.40. The number of carbonyl (C=O) groups excluding carboxylic acids is 1. The van der Waals surface area contributed by atoms with Crippen LogP contribution in [0.2, 0.25) is 10.0 Å². The summed E-state index contributed by atoms with van der Waals surface area (Å²) in [5.74, 6) is -0.758. The normalized spacial score (nSPS) is 16.4. The van der Waals surface area contributed by atoms with E-state index in [-0.39, 0.29) is 5.92 Å². The van der Waals surface area contributed by atoms with Gasteiger partial charge in [-0.25, -0.2) is 4.79 Å². The van der Waals surface area contributed by atoms with Crippen molar-refractivity contribution in [2.45, 2.75) is 32.1 Å². The summed E-state index contributed by atoms with van der Waals surface area (Å²) in [5.41, 5.74) is 7.75. The summed E-state index contributed by atoms with van der Waals surface area (Å²) >= 11 is 12.9. The first-order valence-corrected chi connectivity index (χ1v) is 13.1. The fourth-order valence-corrected chi connectivity index (χ4v) is 5.91. The number of nitrogens with zero attached hydrogens (tertiary/aromatic N) is 1. The lowest BCUT2D eigenvalue weighted by Gasteiger charge is -2.31. The minimum Gasteiger partial charge on any atom is -0.478 e. The Bertz CT molecular complexity index is 1340. The van der Waals surface area contributed by atoms with Gasteiger partial charge in [0.05, 0.1) is 5.56 Å². The SMILES string of the molecule is O=CC1CCN(c2ccc(C3=C(c4ccc(Cl)cc4Cl)CCCc4cc(C(=O)O)ccc43)cc2)CC1. The van der Waals surface area contributed by atoms with E-state index in [2.05, 4.69) is 29.2 Å². The van der Waals surface area contributed by atoms with Gasteiger partial charge >= 0.3 is 5.97 Å². The molecule has 0 amide bonds. The predicted molar refractivity (Wildman–Crippen MR) is 146 cm³/mol. The summed E-state index contributed by atoms with van der Waals surface area (Å²) in [5, 5.41) is 10.8. The maximum Gasteiger partial charge on any atom is 0.335 e. The van der Waals surface area contributed by atoms with Crippen LogP contribution in [0.5, 0.6) is 0 Å². The number of carboxylic acid groups (broad SMARTS) is 1. The topological polar surface area (TPSA) is 57.6 Å². The van der Waals surface area contributed by atoms with Crippen LogP contribution in [0.15, 0.2) is 60.7 Å². The molecule has 1 fully saturated rings. The summed E-state index contributed by atoms with van der Waals surface area (Å²) in [6.45, 7) is 1.75. The van der Waals surface area contributed by atoms with E-state index in [1.165, 1.54) is 0 Å². The van der Waals surface area contributed by atoms with Crippen molar-refractivity contribution in [2.24, 2.45) is 5.92 Å². The lowest BCUT2D eigenvalue weighted by molar-refractivity contribution is -0.111. The molecule has 4 nitrogen and oxygen atoms in total. The van der Waals surface area contributed by atoms with Crippen LogP contribution in [-0.2, 0) is 11.2 Å². The number of anilines is 1. The smallest absolute Gasteiger partial charge is 0.335 e. The van der Waals surface area contributed by atoms with Crippen molar-refractivity contribution in [1.82, 2.24) is 0 Å². The molecule has 0 unspecified atom stereocenters. The Morgan fingerprint density at radius 3 is 2.31 bits per heavy atom. The lowest BCUT2D eigenvalue weighted by atomic mass is 9.87. The monoisotopic (exact) mass is 519 g/mol. The highest BCUT2D eigenvalue weighted by atomic mass is 35.5. The van der Waals surface area contributed by atoms with Crippen LogP contribution in [0, 0.1) is 5.92 Å². The number of aromatic carboxylic acids is 1. The van der Waals surface area contributed by atoms with Gasteiger partial charge in [-0.05, 0) is 102 Å². The largest absolute Gasteiger partial charge is 0.478 e. The van der Waals surface area contributed by atoms with E-state index in [4.69, 9.17) is 23.2 Å². The van der Waals surface area contributed by atoms with Crippen LogP contribution < -0.4 is 4.90 Å². The second-order valence-corrected chi connectivity index (χ2v) is 10.4. The van der Waals surface area contributed by atoms with Gasteiger partial charge in [-0.3, -0.25) is 0 Å². The number of piperidine rings is 1. The van der Waals surface area contributed by atoms with Crippen LogP contribution in [0.1, 0.15) is 58.3 Å². The molecule has 3 aromatic rings. The Balaban J connectivity index is 1.62. The minimum absolute atomic E-state index is 0.163. The summed E-state index contributed by atoms with van der Waals surface area (Å²) in [6.07, 6.45) is 5.34. The van der Waals surface area contributed by atoms with Crippen LogP contribution in [-0.4, -0.2) is 30.5 Å². The third-order valence-electron chi connectivity index (χ3n) is 7.31. The highest BCUT2D eigenvalue weighted by Gasteiger charge is 2.23. The number of benzene rings is 3. The van der Waals surface area contributed by atoms with Crippen molar-refractivity contribution < 1.29 is 14.7 Å². The number of allylic oxidation sites excluding steroid dienone is 1. The Hall–Kier alpha value is -3.08.